The van der Waals surface area contributed by atoms with Crippen LogP contribution in [-0.2, 0) is 6.54 Å². The number of anilines is 1. The predicted molar refractivity (Wildman–Crippen MR) is 77.9 cm³/mol. The molecule has 0 aliphatic rings. The molecule has 2 rings (SSSR count). The van der Waals surface area contributed by atoms with Gasteiger partial charge in [-0.3, -0.25) is 10.1 Å². The zero-order chi connectivity index (χ0) is 15.2. The Labute approximate surface area is 122 Å². The Morgan fingerprint density at radius 3 is 2.95 bits per heavy atom. The van der Waals surface area contributed by atoms with E-state index in [2.05, 4.69) is 4.98 Å². The molecule has 1 heterocycles. The summed E-state index contributed by atoms with van der Waals surface area (Å²) in [6, 6.07) is 6.36. The Morgan fingerprint density at radius 2 is 2.33 bits per heavy atom. The van der Waals surface area contributed by atoms with Crippen molar-refractivity contribution in [3.8, 4) is 6.07 Å². The van der Waals surface area contributed by atoms with Crippen molar-refractivity contribution in [3.63, 3.8) is 0 Å². The number of aromatic nitrogens is 2. The molecule has 0 saturated heterocycles. The Balaban J connectivity index is 2.03. The number of benzene rings is 1. The van der Waals surface area contributed by atoms with E-state index in [1.807, 2.05) is 28.8 Å². The van der Waals surface area contributed by atoms with Crippen LogP contribution in [0.4, 0.5) is 11.4 Å². The second-order valence-electron chi connectivity index (χ2n) is 4.65. The van der Waals surface area contributed by atoms with E-state index in [-0.39, 0.29) is 5.69 Å². The number of imidazole rings is 1. The van der Waals surface area contributed by atoms with Crippen molar-refractivity contribution in [2.24, 2.45) is 0 Å². The van der Waals surface area contributed by atoms with Crippen molar-refractivity contribution in [3.05, 3.63) is 52.6 Å². The molecule has 7 nitrogen and oxygen atoms in total. The summed E-state index contributed by atoms with van der Waals surface area (Å²) in [5.74, 6) is 0. The van der Waals surface area contributed by atoms with Crippen molar-refractivity contribution in [2.45, 2.75) is 13.0 Å². The number of aryl methyl sites for hydroxylation is 1. The normalized spacial score (nSPS) is 10.1. The maximum absolute atomic E-state index is 10.7. The first-order chi connectivity index (χ1) is 10.1. The zero-order valence-corrected chi connectivity index (χ0v) is 11.6. The lowest BCUT2D eigenvalue weighted by Gasteiger charge is -2.20. The monoisotopic (exact) mass is 285 g/mol. The fraction of sp³-hybridized carbons (Fsp3) is 0.286. The Bertz CT molecular complexity index is 660. The average molecular weight is 285 g/mol. The van der Waals surface area contributed by atoms with Gasteiger partial charge >= 0.3 is 0 Å². The van der Waals surface area contributed by atoms with Gasteiger partial charge in [0.2, 0.25) is 0 Å². The van der Waals surface area contributed by atoms with Crippen LogP contribution in [0.25, 0.3) is 0 Å². The van der Waals surface area contributed by atoms with E-state index in [9.17, 15) is 10.1 Å². The summed E-state index contributed by atoms with van der Waals surface area (Å²) in [7, 11) is 1.87. The smallest absolute Gasteiger partial charge is 0.270 e. The fourth-order valence-corrected chi connectivity index (χ4v) is 2.09. The maximum Gasteiger partial charge on any atom is 0.270 e. The molecule has 0 saturated carbocycles. The molecule has 7 heteroatoms. The maximum atomic E-state index is 10.7. The lowest BCUT2D eigenvalue weighted by atomic mass is 10.1. The number of rotatable bonds is 6. The molecule has 0 radical (unpaired) electrons. The van der Waals surface area contributed by atoms with Crippen molar-refractivity contribution in [1.82, 2.24) is 9.55 Å². The molecule has 0 unspecified atom stereocenters. The lowest BCUT2D eigenvalue weighted by molar-refractivity contribution is -0.384. The van der Waals surface area contributed by atoms with Crippen LogP contribution in [0.3, 0.4) is 0 Å². The Hall–Kier alpha value is -2.88. The molecule has 0 aliphatic carbocycles. The number of nitriles is 1. The summed E-state index contributed by atoms with van der Waals surface area (Å²) >= 11 is 0. The third-order valence-corrected chi connectivity index (χ3v) is 3.19. The number of nitro groups is 1. The molecular formula is C14H15N5O2. The third-order valence-electron chi connectivity index (χ3n) is 3.19. The summed E-state index contributed by atoms with van der Waals surface area (Å²) in [5, 5.41) is 19.9. The van der Waals surface area contributed by atoms with Gasteiger partial charge in [-0.1, -0.05) is 0 Å². The van der Waals surface area contributed by atoms with E-state index in [4.69, 9.17) is 5.26 Å². The van der Waals surface area contributed by atoms with E-state index in [1.54, 1.807) is 18.6 Å². The van der Waals surface area contributed by atoms with E-state index in [0.717, 1.165) is 19.5 Å². The minimum absolute atomic E-state index is 0.0675. The van der Waals surface area contributed by atoms with Gasteiger partial charge in [0.1, 0.15) is 6.07 Å². The first kappa shape index (κ1) is 14.5. The molecule has 0 spiro atoms. The van der Waals surface area contributed by atoms with E-state index < -0.39 is 4.92 Å². The number of non-ortho nitro benzene ring substituents is 1. The van der Waals surface area contributed by atoms with Crippen molar-refractivity contribution >= 4 is 11.4 Å². The van der Waals surface area contributed by atoms with E-state index in [0.29, 0.717) is 11.3 Å². The summed E-state index contributed by atoms with van der Waals surface area (Å²) in [6.07, 6.45) is 6.27. The number of nitro benzene ring substituents is 1. The van der Waals surface area contributed by atoms with Crippen molar-refractivity contribution < 1.29 is 4.92 Å². The first-order valence-corrected chi connectivity index (χ1v) is 6.47. The molecule has 0 aliphatic heterocycles. The molecule has 0 amide bonds. The summed E-state index contributed by atoms with van der Waals surface area (Å²) < 4.78 is 1.98. The van der Waals surface area contributed by atoms with Gasteiger partial charge in [0.15, 0.2) is 0 Å². The fourth-order valence-electron chi connectivity index (χ4n) is 2.09. The molecule has 0 atom stereocenters. The Morgan fingerprint density at radius 1 is 1.52 bits per heavy atom. The minimum Gasteiger partial charge on any atom is -0.373 e. The zero-order valence-electron chi connectivity index (χ0n) is 11.6. The second-order valence-corrected chi connectivity index (χ2v) is 4.65. The minimum atomic E-state index is -0.496. The highest BCUT2D eigenvalue weighted by atomic mass is 16.6. The van der Waals surface area contributed by atoms with Crippen molar-refractivity contribution in [1.29, 1.82) is 5.26 Å². The van der Waals surface area contributed by atoms with Gasteiger partial charge in [-0.2, -0.15) is 5.26 Å². The van der Waals surface area contributed by atoms with Crippen LogP contribution < -0.4 is 4.90 Å². The Kier molecular flexibility index (Phi) is 4.51. The van der Waals surface area contributed by atoms with E-state index >= 15 is 0 Å². The molecular weight excluding hydrogens is 270 g/mol. The molecule has 1 aromatic heterocycles. The van der Waals surface area contributed by atoms with Gasteiger partial charge in [-0.25, -0.2) is 4.98 Å². The topological polar surface area (TPSA) is 88.0 Å². The summed E-state index contributed by atoms with van der Waals surface area (Å²) in [5.41, 5.74) is 0.949. The second kappa shape index (κ2) is 6.52. The largest absolute Gasteiger partial charge is 0.373 e. The molecule has 0 N–H and O–H groups in total. The van der Waals surface area contributed by atoms with Crippen LogP contribution in [0.2, 0.25) is 0 Å². The standard InChI is InChI=1S/C14H15N5O2/c1-17(6-2-7-18-8-5-16-11-18)14-4-3-13(19(20)21)9-12(14)10-15/h3-5,8-9,11H,2,6-7H2,1H3. The summed E-state index contributed by atoms with van der Waals surface area (Å²) in [6.45, 7) is 1.57. The van der Waals surface area contributed by atoms with Crippen LogP contribution in [-0.4, -0.2) is 28.1 Å². The number of nitrogens with zero attached hydrogens (tertiary/aromatic N) is 5. The SMILES string of the molecule is CN(CCCn1ccnc1)c1ccc([N+](=O)[O-])cc1C#N. The van der Waals surface area contributed by atoms with Gasteiger partial charge < -0.3 is 9.47 Å². The molecule has 21 heavy (non-hydrogen) atoms. The molecule has 2 aromatic rings. The average Bonchev–Trinajstić information content (AvgIpc) is 2.99. The van der Waals surface area contributed by atoms with Gasteiger partial charge in [-0.15, -0.1) is 0 Å². The molecule has 0 fully saturated rings. The molecule has 108 valence electrons. The highest BCUT2D eigenvalue weighted by molar-refractivity contribution is 5.62. The van der Waals surface area contributed by atoms with Gasteiger partial charge in [0.05, 0.1) is 22.5 Å². The van der Waals surface area contributed by atoms with Crippen LogP contribution in [0.15, 0.2) is 36.9 Å². The lowest BCUT2D eigenvalue weighted by Crippen LogP contribution is -2.20. The van der Waals surface area contributed by atoms with Gasteiger partial charge in [-0.05, 0) is 12.5 Å². The third kappa shape index (κ3) is 3.57. The van der Waals surface area contributed by atoms with Crippen molar-refractivity contribution in [2.75, 3.05) is 18.5 Å². The van der Waals surface area contributed by atoms with E-state index in [1.165, 1.54) is 12.1 Å². The van der Waals surface area contributed by atoms with Gasteiger partial charge in [0.25, 0.3) is 5.69 Å². The highest BCUT2D eigenvalue weighted by Crippen LogP contribution is 2.24. The first-order valence-electron chi connectivity index (χ1n) is 6.47. The van der Waals surface area contributed by atoms with Crippen LogP contribution >= 0.6 is 0 Å². The van der Waals surface area contributed by atoms with Crippen LogP contribution in [0, 0.1) is 21.4 Å². The number of hydrogen-bond acceptors (Lipinski definition) is 5. The molecule has 0 bridgehead atoms. The predicted octanol–water partition coefficient (Wildman–Crippen LogP) is 2.19. The summed E-state index contributed by atoms with van der Waals surface area (Å²) in [4.78, 5) is 16.1. The van der Waals surface area contributed by atoms with Crippen LogP contribution in [0.5, 0.6) is 0 Å². The van der Waals surface area contributed by atoms with Crippen LogP contribution in [0.1, 0.15) is 12.0 Å². The van der Waals surface area contributed by atoms with Gasteiger partial charge in [0, 0.05) is 44.7 Å². The molecule has 1 aromatic carbocycles. The number of hydrogen-bond donors (Lipinski definition) is 0. The quantitative estimate of drug-likeness (QED) is 0.599. The highest BCUT2D eigenvalue weighted by Gasteiger charge is 2.13.